The molecule has 4 heteroatoms. The van der Waals surface area contributed by atoms with E-state index in [1.807, 2.05) is 35.7 Å². The van der Waals surface area contributed by atoms with E-state index >= 15 is 0 Å². The molecule has 1 aromatic heterocycles. The first-order valence-electron chi connectivity index (χ1n) is 6.34. The number of anilines is 1. The van der Waals surface area contributed by atoms with Gasteiger partial charge in [-0.25, -0.2) is 0 Å². The molecule has 2 N–H and O–H groups in total. The van der Waals surface area contributed by atoms with Crippen molar-refractivity contribution in [3.8, 4) is 0 Å². The predicted molar refractivity (Wildman–Crippen MR) is 80.5 cm³/mol. The summed E-state index contributed by atoms with van der Waals surface area (Å²) in [6, 6.07) is 12.1. The molecule has 0 saturated heterocycles. The van der Waals surface area contributed by atoms with Crippen molar-refractivity contribution in [3.63, 3.8) is 0 Å². The first kappa shape index (κ1) is 13.6. The van der Waals surface area contributed by atoms with Gasteiger partial charge in [0.2, 0.25) is 5.91 Å². The van der Waals surface area contributed by atoms with Crippen LogP contribution in [0.1, 0.15) is 16.9 Å². The Balaban J connectivity index is 1.68. The maximum absolute atomic E-state index is 11.7. The van der Waals surface area contributed by atoms with Crippen molar-refractivity contribution >= 4 is 22.9 Å². The molecule has 0 aliphatic rings. The molecule has 0 bridgehead atoms. The van der Waals surface area contributed by atoms with Crippen LogP contribution in [0.15, 0.2) is 41.8 Å². The molecule has 0 fully saturated rings. The Hall–Kier alpha value is -1.81. The average molecular weight is 274 g/mol. The van der Waals surface area contributed by atoms with Crippen molar-refractivity contribution in [1.82, 2.24) is 5.32 Å². The number of nitrogens with one attached hydrogen (secondary N) is 2. The summed E-state index contributed by atoms with van der Waals surface area (Å²) >= 11 is 1.66. The molecule has 0 unspecified atom stereocenters. The number of thiophene rings is 1. The lowest BCUT2D eigenvalue weighted by atomic mass is 10.2. The summed E-state index contributed by atoms with van der Waals surface area (Å²) < 4.78 is 0. The zero-order valence-electron chi connectivity index (χ0n) is 11.0. The van der Waals surface area contributed by atoms with Crippen molar-refractivity contribution in [2.45, 2.75) is 19.9 Å². The van der Waals surface area contributed by atoms with Crippen LogP contribution in [0, 0.1) is 6.92 Å². The van der Waals surface area contributed by atoms with E-state index in [0.717, 1.165) is 5.69 Å². The minimum absolute atomic E-state index is 0.0782. The number of carbonyl (C=O) groups excluding carboxylic acids is 1. The van der Waals surface area contributed by atoms with Crippen LogP contribution in [0.5, 0.6) is 0 Å². The lowest BCUT2D eigenvalue weighted by Gasteiger charge is -2.09. The lowest BCUT2D eigenvalue weighted by Crippen LogP contribution is -2.24. The summed E-state index contributed by atoms with van der Waals surface area (Å²) in [5.74, 6) is 0.0782. The molecule has 1 heterocycles. The number of hydrogen-bond acceptors (Lipinski definition) is 3. The number of carbonyl (C=O) groups is 1. The molecular weight excluding hydrogens is 256 g/mol. The second kappa shape index (κ2) is 6.95. The van der Waals surface area contributed by atoms with Crippen molar-refractivity contribution < 1.29 is 4.79 Å². The van der Waals surface area contributed by atoms with Gasteiger partial charge in [-0.3, -0.25) is 4.79 Å². The summed E-state index contributed by atoms with van der Waals surface area (Å²) in [5.41, 5.74) is 2.29. The van der Waals surface area contributed by atoms with Gasteiger partial charge in [0.05, 0.1) is 6.54 Å². The fourth-order valence-corrected chi connectivity index (χ4v) is 2.41. The number of benzene rings is 1. The lowest BCUT2D eigenvalue weighted by molar-refractivity contribution is -0.120. The minimum atomic E-state index is 0.0782. The molecule has 0 spiro atoms. The van der Waals surface area contributed by atoms with E-state index in [0.29, 0.717) is 19.5 Å². The highest BCUT2D eigenvalue weighted by atomic mass is 32.1. The number of para-hydroxylation sites is 1. The van der Waals surface area contributed by atoms with Crippen LogP contribution < -0.4 is 10.6 Å². The SMILES string of the molecule is Cc1ccccc1NCCC(=O)NCc1cccs1. The second-order valence-corrected chi connectivity index (χ2v) is 5.38. The summed E-state index contributed by atoms with van der Waals surface area (Å²) in [4.78, 5) is 12.8. The Labute approximate surface area is 117 Å². The van der Waals surface area contributed by atoms with E-state index < -0.39 is 0 Å². The topological polar surface area (TPSA) is 41.1 Å². The molecular formula is C15H18N2OS. The van der Waals surface area contributed by atoms with E-state index in [4.69, 9.17) is 0 Å². The van der Waals surface area contributed by atoms with E-state index in [1.165, 1.54) is 10.4 Å². The van der Waals surface area contributed by atoms with Gasteiger partial charge in [-0.15, -0.1) is 11.3 Å². The summed E-state index contributed by atoms with van der Waals surface area (Å²) in [6.07, 6.45) is 0.486. The highest BCUT2D eigenvalue weighted by molar-refractivity contribution is 7.09. The summed E-state index contributed by atoms with van der Waals surface area (Å²) in [6.45, 7) is 3.33. The molecule has 3 nitrogen and oxygen atoms in total. The van der Waals surface area contributed by atoms with E-state index in [9.17, 15) is 4.79 Å². The quantitative estimate of drug-likeness (QED) is 0.849. The Morgan fingerprint density at radius 3 is 2.79 bits per heavy atom. The molecule has 0 atom stereocenters. The number of aryl methyl sites for hydroxylation is 1. The van der Waals surface area contributed by atoms with Crippen LogP contribution in [0.4, 0.5) is 5.69 Å². The largest absolute Gasteiger partial charge is 0.384 e. The van der Waals surface area contributed by atoms with Crippen molar-refractivity contribution in [3.05, 3.63) is 52.2 Å². The first-order valence-corrected chi connectivity index (χ1v) is 7.22. The fraction of sp³-hybridized carbons (Fsp3) is 0.267. The average Bonchev–Trinajstić information content (AvgIpc) is 2.92. The van der Waals surface area contributed by atoms with Crippen LogP contribution in [-0.4, -0.2) is 12.5 Å². The molecule has 2 aromatic rings. The highest BCUT2D eigenvalue weighted by Crippen LogP contribution is 2.12. The third-order valence-electron chi connectivity index (χ3n) is 2.85. The molecule has 1 amide bonds. The second-order valence-electron chi connectivity index (χ2n) is 4.35. The van der Waals surface area contributed by atoms with Crippen molar-refractivity contribution in [2.24, 2.45) is 0 Å². The van der Waals surface area contributed by atoms with Gasteiger partial charge in [0.1, 0.15) is 0 Å². The molecule has 0 aliphatic heterocycles. The third-order valence-corrected chi connectivity index (χ3v) is 3.73. The zero-order chi connectivity index (χ0) is 13.5. The molecule has 19 heavy (non-hydrogen) atoms. The highest BCUT2D eigenvalue weighted by Gasteiger charge is 2.02. The molecule has 100 valence electrons. The number of amides is 1. The number of hydrogen-bond donors (Lipinski definition) is 2. The van der Waals surface area contributed by atoms with Gasteiger partial charge in [-0.1, -0.05) is 24.3 Å². The zero-order valence-corrected chi connectivity index (χ0v) is 11.8. The van der Waals surface area contributed by atoms with Crippen molar-refractivity contribution in [2.75, 3.05) is 11.9 Å². The smallest absolute Gasteiger partial charge is 0.222 e. The Morgan fingerprint density at radius 2 is 2.05 bits per heavy atom. The molecule has 1 aromatic carbocycles. The summed E-state index contributed by atoms with van der Waals surface area (Å²) in [5, 5.41) is 8.21. The Kier molecular flexibility index (Phi) is 4.98. The fourth-order valence-electron chi connectivity index (χ4n) is 1.77. The van der Waals surface area contributed by atoms with E-state index in [-0.39, 0.29) is 5.91 Å². The van der Waals surface area contributed by atoms with E-state index in [1.54, 1.807) is 11.3 Å². The Bertz CT molecular complexity index is 523. The molecule has 0 saturated carbocycles. The predicted octanol–water partition coefficient (Wildman–Crippen LogP) is 3.17. The van der Waals surface area contributed by atoms with Crippen LogP contribution in [0.2, 0.25) is 0 Å². The van der Waals surface area contributed by atoms with Gasteiger partial charge in [-0.05, 0) is 30.0 Å². The maximum Gasteiger partial charge on any atom is 0.222 e. The van der Waals surface area contributed by atoms with Crippen LogP contribution in [-0.2, 0) is 11.3 Å². The van der Waals surface area contributed by atoms with Gasteiger partial charge in [0.25, 0.3) is 0 Å². The van der Waals surface area contributed by atoms with Gasteiger partial charge >= 0.3 is 0 Å². The van der Waals surface area contributed by atoms with Gasteiger partial charge in [-0.2, -0.15) is 0 Å². The van der Waals surface area contributed by atoms with Crippen molar-refractivity contribution in [1.29, 1.82) is 0 Å². The van der Waals surface area contributed by atoms with Gasteiger partial charge < -0.3 is 10.6 Å². The molecule has 0 aliphatic carbocycles. The summed E-state index contributed by atoms with van der Waals surface area (Å²) in [7, 11) is 0. The van der Waals surface area contributed by atoms with Gasteiger partial charge in [0, 0.05) is 23.5 Å². The third kappa shape index (κ3) is 4.41. The standard InChI is InChI=1S/C15H18N2OS/c1-12-5-2-3-7-14(12)16-9-8-15(18)17-11-13-6-4-10-19-13/h2-7,10,16H,8-9,11H2,1H3,(H,17,18). The number of rotatable bonds is 6. The normalized spacial score (nSPS) is 10.2. The van der Waals surface area contributed by atoms with Crippen LogP contribution in [0.3, 0.4) is 0 Å². The van der Waals surface area contributed by atoms with Gasteiger partial charge in [0.15, 0.2) is 0 Å². The van der Waals surface area contributed by atoms with Crippen LogP contribution >= 0.6 is 11.3 Å². The molecule has 0 radical (unpaired) electrons. The van der Waals surface area contributed by atoms with E-state index in [2.05, 4.69) is 23.6 Å². The first-order chi connectivity index (χ1) is 9.25. The minimum Gasteiger partial charge on any atom is -0.384 e. The monoisotopic (exact) mass is 274 g/mol. The maximum atomic E-state index is 11.7. The van der Waals surface area contributed by atoms with Crippen LogP contribution in [0.25, 0.3) is 0 Å². The molecule has 2 rings (SSSR count). The Morgan fingerprint density at radius 1 is 1.21 bits per heavy atom.